The normalized spacial score (nSPS) is 12.4. The third-order valence-electron chi connectivity index (χ3n) is 4.60. The van der Waals surface area contributed by atoms with E-state index in [1.165, 1.54) is 0 Å². The Morgan fingerprint density at radius 1 is 0.633 bits per heavy atom. The summed E-state index contributed by atoms with van der Waals surface area (Å²) in [5, 5.41) is 3.38. The van der Waals surface area contributed by atoms with Crippen LogP contribution in [0.15, 0.2) is 91.0 Å². The molecule has 3 aromatic carbocycles. The second-order valence-corrected chi connectivity index (χ2v) is 16.9. The molecule has 0 saturated carbocycles. The SMILES string of the molecule is ClC(Cl)(Cl)C(Cl)(Cl)C[O][Zn][O][Si](c1ccccc1)(c1ccccc1)c1ccccc1. The Morgan fingerprint density at radius 3 is 1.33 bits per heavy atom. The third-order valence-corrected chi connectivity index (χ3v) is 15.2. The van der Waals surface area contributed by atoms with Gasteiger partial charge in [-0.1, -0.05) is 0 Å². The van der Waals surface area contributed by atoms with Gasteiger partial charge in [-0.15, -0.1) is 0 Å². The van der Waals surface area contributed by atoms with Gasteiger partial charge in [0.05, 0.1) is 0 Å². The van der Waals surface area contributed by atoms with Crippen molar-refractivity contribution in [2.75, 3.05) is 6.61 Å². The molecule has 0 amide bonds. The van der Waals surface area contributed by atoms with Crippen molar-refractivity contribution in [1.82, 2.24) is 0 Å². The molecule has 9 heteroatoms. The zero-order chi connectivity index (χ0) is 21.7. The van der Waals surface area contributed by atoms with Crippen molar-refractivity contribution < 1.29 is 24.7 Å². The first-order chi connectivity index (χ1) is 14.3. The molecule has 0 atom stereocenters. The van der Waals surface area contributed by atoms with Gasteiger partial charge in [-0.2, -0.15) is 0 Å². The fourth-order valence-corrected chi connectivity index (χ4v) is 13.4. The molecular weight excluding hydrogens is 555 g/mol. The van der Waals surface area contributed by atoms with Crippen LogP contribution in [0.1, 0.15) is 0 Å². The van der Waals surface area contributed by atoms with E-state index in [1.54, 1.807) is 0 Å². The van der Waals surface area contributed by atoms with E-state index in [1.807, 2.05) is 54.6 Å². The summed E-state index contributed by atoms with van der Waals surface area (Å²) in [5.41, 5.74) is 0. The average molecular weight is 572 g/mol. The Kier molecular flexibility index (Phi) is 8.71. The average Bonchev–Trinajstić information content (AvgIpc) is 2.75. The van der Waals surface area contributed by atoms with Gasteiger partial charge in [0.15, 0.2) is 0 Å². The monoisotopic (exact) mass is 568 g/mol. The molecule has 3 rings (SSSR count). The van der Waals surface area contributed by atoms with Gasteiger partial charge in [-0.3, -0.25) is 0 Å². The first kappa shape index (κ1) is 24.5. The van der Waals surface area contributed by atoms with Crippen LogP contribution in [-0.2, 0) is 24.7 Å². The zero-order valence-corrected chi connectivity index (χ0v) is 23.5. The van der Waals surface area contributed by atoms with Crippen molar-refractivity contribution in [2.24, 2.45) is 0 Å². The van der Waals surface area contributed by atoms with Crippen LogP contribution >= 0.6 is 58.0 Å². The number of halogens is 5. The quantitative estimate of drug-likeness (QED) is 0.161. The molecule has 0 aliphatic heterocycles. The number of benzene rings is 3. The molecule has 0 unspecified atom stereocenters. The molecule has 2 nitrogen and oxygen atoms in total. The summed E-state index contributed by atoms with van der Waals surface area (Å²) in [4.78, 5) is 0. The van der Waals surface area contributed by atoms with Crippen molar-refractivity contribution in [1.29, 1.82) is 0 Å². The van der Waals surface area contributed by atoms with Crippen LogP contribution in [0.4, 0.5) is 0 Å². The zero-order valence-electron chi connectivity index (χ0n) is 15.8. The second-order valence-electron chi connectivity index (χ2n) is 6.59. The summed E-state index contributed by atoms with van der Waals surface area (Å²) in [6.45, 7) is -0.130. The van der Waals surface area contributed by atoms with Gasteiger partial charge < -0.3 is 0 Å². The van der Waals surface area contributed by atoms with E-state index in [2.05, 4.69) is 36.4 Å². The minimum absolute atomic E-state index is 0.130. The minimum atomic E-state index is -2.79. The van der Waals surface area contributed by atoms with E-state index in [0.29, 0.717) is 0 Å². The van der Waals surface area contributed by atoms with Gasteiger partial charge in [-0.25, -0.2) is 0 Å². The van der Waals surface area contributed by atoms with Crippen molar-refractivity contribution in [3.05, 3.63) is 91.0 Å². The van der Waals surface area contributed by atoms with Crippen LogP contribution < -0.4 is 15.6 Å². The Morgan fingerprint density at radius 2 is 1.00 bits per heavy atom. The van der Waals surface area contributed by atoms with Crippen LogP contribution in [0.25, 0.3) is 0 Å². The summed E-state index contributed by atoms with van der Waals surface area (Å²) in [7, 11) is -2.79. The maximum absolute atomic E-state index is 6.75. The third kappa shape index (κ3) is 5.61. The fourth-order valence-electron chi connectivity index (χ4n) is 3.15. The molecule has 0 bridgehead atoms. The van der Waals surface area contributed by atoms with E-state index >= 15 is 0 Å². The summed E-state index contributed by atoms with van der Waals surface area (Å²) in [6, 6.07) is 30.7. The van der Waals surface area contributed by atoms with Crippen LogP contribution in [-0.4, -0.2) is 23.1 Å². The number of hydrogen-bond donors (Lipinski definition) is 0. The van der Waals surface area contributed by atoms with Gasteiger partial charge >= 0.3 is 212 Å². The molecule has 0 N–H and O–H groups in total. The first-order valence-electron chi connectivity index (χ1n) is 9.10. The molecule has 3 aromatic rings. The second kappa shape index (κ2) is 10.7. The molecule has 0 aromatic heterocycles. The number of rotatable bonds is 8. The standard InChI is InChI=1S/C18H15OSi.C3H2Cl5O.Zn/c19-20(16-10-4-1-5-11-16,17-12-6-2-7-13-17)18-14-8-3-9-15-18;4-2(5,1-9)3(6,7)8;/h1-15H;1H2;/q2*-1;+2. The molecule has 0 fully saturated rings. The Balaban J connectivity index is 1.98. The Bertz CT molecular complexity index is 828. The predicted molar refractivity (Wildman–Crippen MR) is 126 cm³/mol. The number of alkyl halides is 5. The molecule has 0 saturated heterocycles. The van der Waals surface area contributed by atoms with Crippen molar-refractivity contribution in [2.45, 2.75) is 8.13 Å². The molecule has 154 valence electrons. The Labute approximate surface area is 210 Å². The fraction of sp³-hybridized carbons (Fsp3) is 0.143. The van der Waals surface area contributed by atoms with Crippen molar-refractivity contribution in [3.8, 4) is 0 Å². The molecule has 0 aliphatic rings. The van der Waals surface area contributed by atoms with Crippen LogP contribution in [0, 0.1) is 0 Å². The van der Waals surface area contributed by atoms with E-state index in [-0.39, 0.29) is 6.61 Å². The maximum atomic E-state index is 6.75. The summed E-state index contributed by atoms with van der Waals surface area (Å²) in [5.74, 6) is 0. The predicted octanol–water partition coefficient (Wildman–Crippen LogP) is 5.14. The van der Waals surface area contributed by atoms with Gasteiger partial charge in [0.25, 0.3) is 0 Å². The molecule has 0 heterocycles. The van der Waals surface area contributed by atoms with Crippen LogP contribution in [0.5, 0.6) is 0 Å². The van der Waals surface area contributed by atoms with E-state index < -0.39 is 34.3 Å². The number of hydrogen-bond acceptors (Lipinski definition) is 2. The molecule has 0 aliphatic carbocycles. The van der Waals surface area contributed by atoms with E-state index in [9.17, 15) is 0 Å². The Hall–Kier alpha value is -0.130. The molecule has 30 heavy (non-hydrogen) atoms. The van der Waals surface area contributed by atoms with Crippen molar-refractivity contribution in [3.63, 3.8) is 0 Å². The summed E-state index contributed by atoms with van der Waals surface area (Å²) in [6.07, 6.45) is 0. The first-order valence-corrected chi connectivity index (χ1v) is 15.3. The summed E-state index contributed by atoms with van der Waals surface area (Å²) < 4.78 is 9.05. The van der Waals surface area contributed by atoms with Crippen molar-refractivity contribution >= 4 is 81.9 Å². The van der Waals surface area contributed by atoms with E-state index in [4.69, 9.17) is 64.8 Å². The summed E-state index contributed by atoms with van der Waals surface area (Å²) >= 11 is 27.8. The molecular formula is C21H17Cl5O2SiZn. The van der Waals surface area contributed by atoms with Crippen LogP contribution in [0.3, 0.4) is 0 Å². The van der Waals surface area contributed by atoms with E-state index in [0.717, 1.165) is 15.6 Å². The van der Waals surface area contributed by atoms with Gasteiger partial charge in [0, 0.05) is 0 Å². The van der Waals surface area contributed by atoms with Crippen LogP contribution in [0.2, 0.25) is 0 Å². The molecule has 0 spiro atoms. The topological polar surface area (TPSA) is 18.5 Å². The van der Waals surface area contributed by atoms with Gasteiger partial charge in [0.2, 0.25) is 0 Å². The van der Waals surface area contributed by atoms with Gasteiger partial charge in [0.1, 0.15) is 0 Å². The molecule has 0 radical (unpaired) electrons. The van der Waals surface area contributed by atoms with Gasteiger partial charge in [-0.05, 0) is 0 Å².